The van der Waals surface area contributed by atoms with Gasteiger partial charge in [0.2, 0.25) is 0 Å². The van der Waals surface area contributed by atoms with Gasteiger partial charge in [0.1, 0.15) is 0 Å². The molecule has 0 radical (unpaired) electrons. The Morgan fingerprint density at radius 2 is 1.18 bits per heavy atom. The van der Waals surface area contributed by atoms with E-state index in [0.29, 0.717) is 0 Å². The van der Waals surface area contributed by atoms with Gasteiger partial charge < -0.3 is 0 Å². The second-order valence-corrected chi connectivity index (χ2v) is 5.91. The van der Waals surface area contributed by atoms with Crippen LogP contribution < -0.4 is 0 Å². The Labute approximate surface area is 113 Å². The maximum absolute atomic E-state index is 13.5. The van der Waals surface area contributed by atoms with Gasteiger partial charge in [-0.3, -0.25) is 4.55 Å². The Bertz CT molecular complexity index is 581. The van der Waals surface area contributed by atoms with Crippen molar-refractivity contribution in [3.05, 3.63) is 0 Å². The van der Waals surface area contributed by atoms with Crippen molar-refractivity contribution in [2.24, 2.45) is 0 Å². The monoisotopic (exact) mass is 376 g/mol. The molecule has 1 rings (SSSR count). The van der Waals surface area contributed by atoms with Crippen molar-refractivity contribution in [2.75, 3.05) is 0 Å². The molecule has 0 bridgehead atoms. The normalized spacial score (nSPS) is 37.8. The zero-order valence-corrected chi connectivity index (χ0v) is 10.4. The smallest absolute Gasteiger partial charge is 0.283 e. The first-order chi connectivity index (χ1) is 9.21. The number of rotatable bonds is 1. The first-order valence-electron chi connectivity index (χ1n) is 4.76. The SMILES string of the molecule is O=S(=O)(O)C1(F)C(F)(F)CC(F)(C(F)(F)F)C(F)(F)C1(F)F. The number of hydrogen-bond acceptors (Lipinski definition) is 2. The molecule has 132 valence electrons. The van der Waals surface area contributed by atoms with Crippen LogP contribution in [0.5, 0.6) is 0 Å². The highest BCUT2D eigenvalue weighted by Crippen LogP contribution is 2.68. The Morgan fingerprint density at radius 3 is 1.45 bits per heavy atom. The van der Waals surface area contributed by atoms with Crippen LogP contribution in [0.2, 0.25) is 0 Å². The topological polar surface area (TPSA) is 54.4 Å². The Balaban J connectivity index is 3.87. The molecule has 2 atom stereocenters. The van der Waals surface area contributed by atoms with Crippen LogP contribution in [0.4, 0.5) is 48.3 Å². The van der Waals surface area contributed by atoms with E-state index in [4.69, 9.17) is 4.55 Å². The lowest BCUT2D eigenvalue weighted by Crippen LogP contribution is -2.80. The molecule has 0 amide bonds. The number of alkyl halides is 11. The van der Waals surface area contributed by atoms with Crippen LogP contribution in [0.15, 0.2) is 0 Å². The highest BCUT2D eigenvalue weighted by molar-refractivity contribution is 7.87. The molecule has 1 fully saturated rings. The minimum atomic E-state index is -7.44. The van der Waals surface area contributed by atoms with Gasteiger partial charge in [-0.25, -0.2) is 17.6 Å². The van der Waals surface area contributed by atoms with Gasteiger partial charge >= 0.3 is 39.1 Å². The Kier molecular flexibility index (Phi) is 3.62. The number of halogens is 11. The van der Waals surface area contributed by atoms with Gasteiger partial charge in [0.25, 0.3) is 5.67 Å². The molecule has 1 saturated carbocycles. The van der Waals surface area contributed by atoms with Gasteiger partial charge in [-0.15, -0.1) is 0 Å². The summed E-state index contributed by atoms with van der Waals surface area (Å²) in [6.45, 7) is 0. The molecule has 0 aromatic heterocycles. The highest BCUT2D eigenvalue weighted by atomic mass is 32.2. The number of hydrogen-bond donors (Lipinski definition) is 1. The quantitative estimate of drug-likeness (QED) is 0.565. The fourth-order valence-corrected chi connectivity index (χ4v) is 2.74. The zero-order chi connectivity index (χ0) is 18.2. The molecule has 0 aromatic rings. The van der Waals surface area contributed by atoms with Crippen LogP contribution >= 0.6 is 0 Å². The van der Waals surface area contributed by atoms with Gasteiger partial charge in [0, 0.05) is 0 Å². The first-order valence-corrected chi connectivity index (χ1v) is 6.20. The summed E-state index contributed by atoms with van der Waals surface area (Å²) in [6, 6.07) is 0. The molecule has 2 unspecified atom stereocenters. The summed E-state index contributed by atoms with van der Waals surface area (Å²) < 4.78 is 171. The van der Waals surface area contributed by atoms with E-state index >= 15 is 0 Å². The van der Waals surface area contributed by atoms with Crippen molar-refractivity contribution in [3.63, 3.8) is 0 Å². The van der Waals surface area contributed by atoms with Crippen LogP contribution in [-0.4, -0.2) is 47.6 Å². The van der Waals surface area contributed by atoms with E-state index in [-0.39, 0.29) is 0 Å². The lowest BCUT2D eigenvalue weighted by atomic mass is 9.75. The molecule has 15 heteroatoms. The third-order valence-corrected chi connectivity index (χ3v) is 4.30. The molecule has 1 N–H and O–H groups in total. The summed E-state index contributed by atoms with van der Waals surface area (Å²) >= 11 is 0. The maximum Gasteiger partial charge on any atom is 0.429 e. The van der Waals surface area contributed by atoms with E-state index in [0.717, 1.165) is 0 Å². The molecule has 0 aliphatic heterocycles. The van der Waals surface area contributed by atoms with E-state index in [1.807, 2.05) is 0 Å². The van der Waals surface area contributed by atoms with Crippen LogP contribution in [0.3, 0.4) is 0 Å². The summed E-state index contributed by atoms with van der Waals surface area (Å²) in [5.41, 5.74) is -6.65. The summed E-state index contributed by atoms with van der Waals surface area (Å²) in [6.07, 6.45) is -11.0. The standard InChI is InChI=1S/C7H3F11O3S/c8-2(7(16,17)18)1-3(9,10)6(15,22(19,20)21)5(13,14)4(2,11)12/h1H2,(H,19,20,21). The van der Waals surface area contributed by atoms with Crippen molar-refractivity contribution >= 4 is 10.1 Å². The van der Waals surface area contributed by atoms with E-state index in [1.165, 1.54) is 0 Å². The van der Waals surface area contributed by atoms with Crippen molar-refractivity contribution in [1.82, 2.24) is 0 Å². The van der Waals surface area contributed by atoms with Gasteiger partial charge in [0.05, 0.1) is 6.42 Å². The summed E-state index contributed by atoms with van der Waals surface area (Å²) in [4.78, 5) is 0. The predicted octanol–water partition coefficient (Wildman–Crippen LogP) is 3.12. The van der Waals surface area contributed by atoms with E-state index in [2.05, 4.69) is 0 Å². The average molecular weight is 376 g/mol. The molecular weight excluding hydrogens is 373 g/mol. The Morgan fingerprint density at radius 1 is 0.818 bits per heavy atom. The van der Waals surface area contributed by atoms with E-state index in [1.54, 1.807) is 0 Å². The van der Waals surface area contributed by atoms with Gasteiger partial charge in [0.15, 0.2) is 0 Å². The summed E-state index contributed by atoms with van der Waals surface area (Å²) in [5, 5.41) is -6.86. The first kappa shape index (κ1) is 19.2. The van der Waals surface area contributed by atoms with Crippen LogP contribution in [0.1, 0.15) is 6.42 Å². The van der Waals surface area contributed by atoms with Crippen molar-refractivity contribution in [3.8, 4) is 0 Å². The van der Waals surface area contributed by atoms with Crippen LogP contribution in [-0.2, 0) is 10.1 Å². The van der Waals surface area contributed by atoms with Crippen LogP contribution in [0.25, 0.3) is 0 Å². The van der Waals surface area contributed by atoms with Gasteiger partial charge in [-0.2, -0.15) is 39.2 Å². The van der Waals surface area contributed by atoms with Crippen molar-refractivity contribution < 1.29 is 61.3 Å². The largest absolute Gasteiger partial charge is 0.429 e. The molecule has 22 heavy (non-hydrogen) atoms. The molecule has 0 saturated heterocycles. The summed E-state index contributed by atoms with van der Waals surface area (Å²) in [5.74, 6) is -21.2. The fraction of sp³-hybridized carbons (Fsp3) is 1.00. The molecule has 0 aromatic carbocycles. The third kappa shape index (κ3) is 1.80. The van der Waals surface area contributed by atoms with Crippen LogP contribution in [0, 0.1) is 0 Å². The molecular formula is C7H3F11O3S. The molecule has 0 spiro atoms. The zero-order valence-electron chi connectivity index (χ0n) is 9.54. The molecule has 1 aliphatic rings. The van der Waals surface area contributed by atoms with E-state index < -0.39 is 51.2 Å². The average Bonchev–Trinajstić information content (AvgIpc) is 2.21. The van der Waals surface area contributed by atoms with Gasteiger partial charge in [-0.05, 0) is 0 Å². The maximum atomic E-state index is 13.5. The third-order valence-electron chi connectivity index (χ3n) is 3.04. The second-order valence-electron chi connectivity index (χ2n) is 4.40. The summed E-state index contributed by atoms with van der Waals surface area (Å²) in [7, 11) is -7.39. The molecule has 0 heterocycles. The molecule has 1 aliphatic carbocycles. The Hall–Kier alpha value is -0.860. The van der Waals surface area contributed by atoms with Gasteiger partial charge in [-0.1, -0.05) is 0 Å². The van der Waals surface area contributed by atoms with E-state index in [9.17, 15) is 56.7 Å². The predicted molar refractivity (Wildman–Crippen MR) is 44.7 cm³/mol. The molecule has 3 nitrogen and oxygen atoms in total. The lowest BCUT2D eigenvalue weighted by Gasteiger charge is -2.50. The highest BCUT2D eigenvalue weighted by Gasteiger charge is 2.97. The fourth-order valence-electron chi connectivity index (χ4n) is 1.84. The minimum absolute atomic E-state index is 3.98. The van der Waals surface area contributed by atoms with Crippen molar-refractivity contribution in [1.29, 1.82) is 0 Å². The van der Waals surface area contributed by atoms with Crippen molar-refractivity contribution in [2.45, 2.75) is 41.0 Å². The minimum Gasteiger partial charge on any atom is -0.283 e. The lowest BCUT2D eigenvalue weighted by molar-refractivity contribution is -0.419. The second kappa shape index (κ2) is 4.15.